The second-order valence-corrected chi connectivity index (χ2v) is 5.11. The number of fused-ring (bicyclic) bond motifs is 1. The van der Waals surface area contributed by atoms with Gasteiger partial charge in [0.15, 0.2) is 5.95 Å². The molecule has 0 aliphatic heterocycles. The summed E-state index contributed by atoms with van der Waals surface area (Å²) in [7, 11) is 1.70. The summed E-state index contributed by atoms with van der Waals surface area (Å²) in [6.07, 6.45) is 0. The van der Waals surface area contributed by atoms with Crippen molar-refractivity contribution < 1.29 is 9.18 Å². The lowest BCUT2D eigenvalue weighted by Gasteiger charge is -2.17. The largest absolute Gasteiger partial charge is 0.369 e. The number of hydrogen-bond donors (Lipinski definition) is 2. The fraction of sp³-hybridized carbons (Fsp3) is 0.125. The first-order valence-electron chi connectivity index (χ1n) is 6.78. The molecule has 1 amide bonds. The fourth-order valence-corrected chi connectivity index (χ4v) is 2.37. The Kier molecular flexibility index (Phi) is 3.50. The molecule has 1 heterocycles. The van der Waals surface area contributed by atoms with E-state index in [1.54, 1.807) is 42.3 Å². The van der Waals surface area contributed by atoms with Gasteiger partial charge in [0.05, 0.1) is 16.6 Å². The Bertz CT molecular complexity index is 826. The monoisotopic (exact) mass is 298 g/mol. The van der Waals surface area contributed by atoms with Crippen molar-refractivity contribution in [1.82, 2.24) is 14.9 Å². The maximum atomic E-state index is 12.9. The third-order valence-electron chi connectivity index (χ3n) is 3.45. The fourth-order valence-electron chi connectivity index (χ4n) is 2.37. The second-order valence-electron chi connectivity index (χ2n) is 5.11. The van der Waals surface area contributed by atoms with Crippen LogP contribution < -0.4 is 5.73 Å². The summed E-state index contributed by atoms with van der Waals surface area (Å²) in [5.74, 6) is -0.176. The van der Waals surface area contributed by atoms with Crippen LogP contribution in [-0.2, 0) is 6.54 Å². The number of H-pyrrole nitrogens is 1. The van der Waals surface area contributed by atoms with Crippen LogP contribution in [0.15, 0.2) is 42.5 Å². The Morgan fingerprint density at radius 1 is 1.27 bits per heavy atom. The third kappa shape index (κ3) is 2.63. The molecule has 5 nitrogen and oxygen atoms in total. The van der Waals surface area contributed by atoms with Crippen LogP contribution in [0.5, 0.6) is 0 Å². The molecular formula is C16H15FN4O. The Morgan fingerprint density at radius 3 is 2.73 bits per heavy atom. The smallest absolute Gasteiger partial charge is 0.256 e. The topological polar surface area (TPSA) is 75.0 Å². The van der Waals surface area contributed by atoms with Crippen molar-refractivity contribution in [2.75, 3.05) is 12.8 Å². The van der Waals surface area contributed by atoms with Crippen molar-refractivity contribution in [3.63, 3.8) is 0 Å². The molecule has 1 aromatic heterocycles. The highest BCUT2D eigenvalue weighted by atomic mass is 19.1. The molecule has 6 heteroatoms. The molecule has 0 spiro atoms. The number of nitrogens with one attached hydrogen (secondary N) is 1. The zero-order valence-corrected chi connectivity index (χ0v) is 12.0. The molecular weight excluding hydrogens is 283 g/mol. The minimum atomic E-state index is -0.296. The number of amides is 1. The number of imidazole rings is 1. The number of para-hydroxylation sites is 1. The van der Waals surface area contributed by atoms with E-state index in [-0.39, 0.29) is 17.7 Å². The number of rotatable bonds is 3. The first kappa shape index (κ1) is 14.1. The van der Waals surface area contributed by atoms with Gasteiger partial charge in [-0.1, -0.05) is 18.2 Å². The number of nitrogens with zero attached hydrogens (tertiary/aromatic N) is 2. The Labute approximate surface area is 126 Å². The van der Waals surface area contributed by atoms with E-state index in [0.717, 1.165) is 5.56 Å². The van der Waals surface area contributed by atoms with Gasteiger partial charge in [0.1, 0.15) is 5.82 Å². The van der Waals surface area contributed by atoms with Crippen LogP contribution in [0.1, 0.15) is 15.9 Å². The molecule has 0 saturated heterocycles. The third-order valence-corrected chi connectivity index (χ3v) is 3.45. The highest BCUT2D eigenvalue weighted by molar-refractivity contribution is 6.05. The summed E-state index contributed by atoms with van der Waals surface area (Å²) >= 11 is 0. The molecule has 0 fully saturated rings. The number of carbonyl (C=O) groups excluding carboxylic acids is 1. The van der Waals surface area contributed by atoms with E-state index in [9.17, 15) is 9.18 Å². The maximum Gasteiger partial charge on any atom is 0.256 e. The van der Waals surface area contributed by atoms with Gasteiger partial charge < -0.3 is 15.6 Å². The first-order valence-corrected chi connectivity index (χ1v) is 6.78. The number of carbonyl (C=O) groups is 1. The van der Waals surface area contributed by atoms with E-state index in [1.165, 1.54) is 12.1 Å². The molecule has 3 aromatic rings. The number of nitrogens with two attached hydrogens (primary N) is 1. The molecule has 2 aromatic carbocycles. The summed E-state index contributed by atoms with van der Waals surface area (Å²) in [4.78, 5) is 21.2. The van der Waals surface area contributed by atoms with Gasteiger partial charge in [0, 0.05) is 13.6 Å². The van der Waals surface area contributed by atoms with Crippen molar-refractivity contribution in [1.29, 1.82) is 0 Å². The zero-order valence-electron chi connectivity index (χ0n) is 12.0. The molecule has 0 radical (unpaired) electrons. The quantitative estimate of drug-likeness (QED) is 0.780. The van der Waals surface area contributed by atoms with Gasteiger partial charge in [-0.2, -0.15) is 0 Å². The Morgan fingerprint density at radius 2 is 2.00 bits per heavy atom. The van der Waals surface area contributed by atoms with Crippen LogP contribution in [0.4, 0.5) is 10.3 Å². The van der Waals surface area contributed by atoms with E-state index in [2.05, 4.69) is 9.97 Å². The number of anilines is 1. The number of benzene rings is 2. The second kappa shape index (κ2) is 5.48. The van der Waals surface area contributed by atoms with Gasteiger partial charge in [-0.25, -0.2) is 9.37 Å². The lowest BCUT2D eigenvalue weighted by atomic mass is 10.1. The van der Waals surface area contributed by atoms with Crippen molar-refractivity contribution >= 4 is 22.9 Å². The van der Waals surface area contributed by atoms with Crippen molar-refractivity contribution in [3.8, 4) is 0 Å². The molecule has 0 atom stereocenters. The highest BCUT2D eigenvalue weighted by Crippen LogP contribution is 2.19. The normalized spacial score (nSPS) is 10.8. The first-order chi connectivity index (χ1) is 10.5. The van der Waals surface area contributed by atoms with Crippen LogP contribution >= 0.6 is 0 Å². The molecule has 0 saturated carbocycles. The molecule has 3 rings (SSSR count). The number of hydrogen-bond acceptors (Lipinski definition) is 3. The van der Waals surface area contributed by atoms with E-state index in [1.807, 2.05) is 0 Å². The maximum absolute atomic E-state index is 12.9. The summed E-state index contributed by atoms with van der Waals surface area (Å²) in [5, 5.41) is 0. The Hall–Kier alpha value is -2.89. The van der Waals surface area contributed by atoms with Crippen molar-refractivity contribution in [2.45, 2.75) is 6.54 Å². The molecule has 0 aliphatic carbocycles. The van der Waals surface area contributed by atoms with Gasteiger partial charge in [-0.3, -0.25) is 4.79 Å². The van der Waals surface area contributed by atoms with E-state index >= 15 is 0 Å². The average molecular weight is 298 g/mol. The lowest BCUT2D eigenvalue weighted by molar-refractivity contribution is 0.0787. The molecule has 0 aliphatic rings. The summed E-state index contributed by atoms with van der Waals surface area (Å²) < 4.78 is 12.9. The van der Waals surface area contributed by atoms with E-state index in [4.69, 9.17) is 5.73 Å². The van der Waals surface area contributed by atoms with Crippen LogP contribution in [0.3, 0.4) is 0 Å². The number of halogens is 1. The van der Waals surface area contributed by atoms with Gasteiger partial charge in [-0.15, -0.1) is 0 Å². The molecule has 112 valence electrons. The van der Waals surface area contributed by atoms with Crippen LogP contribution in [0, 0.1) is 5.82 Å². The van der Waals surface area contributed by atoms with Gasteiger partial charge in [0.25, 0.3) is 5.91 Å². The van der Waals surface area contributed by atoms with Gasteiger partial charge in [-0.05, 0) is 29.8 Å². The lowest BCUT2D eigenvalue weighted by Crippen LogP contribution is -2.26. The number of nitrogen functional groups attached to an aromatic ring is 1. The zero-order chi connectivity index (χ0) is 15.7. The van der Waals surface area contributed by atoms with Crippen molar-refractivity contribution in [2.24, 2.45) is 0 Å². The highest BCUT2D eigenvalue weighted by Gasteiger charge is 2.16. The van der Waals surface area contributed by atoms with Crippen LogP contribution in [-0.4, -0.2) is 27.8 Å². The van der Waals surface area contributed by atoms with E-state index < -0.39 is 0 Å². The molecule has 0 unspecified atom stereocenters. The summed E-state index contributed by atoms with van der Waals surface area (Å²) in [6.45, 7) is 0.388. The van der Waals surface area contributed by atoms with Crippen LogP contribution in [0.25, 0.3) is 11.0 Å². The van der Waals surface area contributed by atoms with Gasteiger partial charge in [0.2, 0.25) is 0 Å². The summed E-state index contributed by atoms with van der Waals surface area (Å²) in [5.41, 5.74) is 8.28. The molecule has 22 heavy (non-hydrogen) atoms. The standard InChI is InChI=1S/C16H15FN4O/c1-21(9-10-5-7-11(17)8-6-10)15(22)12-3-2-4-13-14(12)20-16(18)19-13/h2-8H,9H2,1H3,(H3,18,19,20). The van der Waals surface area contributed by atoms with Crippen molar-refractivity contribution in [3.05, 3.63) is 59.4 Å². The predicted octanol–water partition coefficient (Wildman–Crippen LogP) is 2.56. The minimum absolute atomic E-state index is 0.154. The number of aromatic amines is 1. The SMILES string of the molecule is CN(Cc1ccc(F)cc1)C(=O)c1cccc2nc(N)[nH]c12. The van der Waals surface area contributed by atoms with Crippen LogP contribution in [0.2, 0.25) is 0 Å². The predicted molar refractivity (Wildman–Crippen MR) is 82.7 cm³/mol. The Balaban J connectivity index is 1.87. The number of aromatic nitrogens is 2. The molecule has 3 N–H and O–H groups in total. The average Bonchev–Trinajstić information content (AvgIpc) is 2.88. The summed E-state index contributed by atoms with van der Waals surface area (Å²) in [6, 6.07) is 11.4. The van der Waals surface area contributed by atoms with Gasteiger partial charge >= 0.3 is 0 Å². The van der Waals surface area contributed by atoms with E-state index in [0.29, 0.717) is 23.1 Å². The minimum Gasteiger partial charge on any atom is -0.369 e. The molecule has 0 bridgehead atoms.